The third kappa shape index (κ3) is 2.72. The van der Waals surface area contributed by atoms with E-state index in [-0.39, 0.29) is 6.10 Å². The first-order valence-electron chi connectivity index (χ1n) is 7.17. The minimum Gasteiger partial charge on any atom is -0.485 e. The van der Waals surface area contributed by atoms with Gasteiger partial charge in [0, 0.05) is 16.5 Å². The van der Waals surface area contributed by atoms with Gasteiger partial charge >= 0.3 is 0 Å². The Morgan fingerprint density at radius 3 is 2.48 bits per heavy atom. The molecule has 0 aliphatic carbocycles. The number of benzene rings is 2. The van der Waals surface area contributed by atoms with E-state index in [9.17, 15) is 5.11 Å². The number of hydrogen-bond acceptors (Lipinski definition) is 2. The quantitative estimate of drug-likeness (QED) is 0.792. The Balaban J connectivity index is 1.99. The fourth-order valence-corrected chi connectivity index (χ4v) is 3.32. The summed E-state index contributed by atoms with van der Waals surface area (Å²) in [5.41, 5.74) is 5.80. The summed E-state index contributed by atoms with van der Waals surface area (Å²) in [4.78, 5) is 0. The number of aliphatic hydroxyl groups is 1. The highest BCUT2D eigenvalue weighted by atomic mass is 79.9. The predicted molar refractivity (Wildman–Crippen MR) is 87.7 cm³/mol. The van der Waals surface area contributed by atoms with Crippen LogP contribution in [0.3, 0.4) is 0 Å². The van der Waals surface area contributed by atoms with Gasteiger partial charge in [0.2, 0.25) is 0 Å². The van der Waals surface area contributed by atoms with Crippen molar-refractivity contribution in [1.29, 1.82) is 0 Å². The summed E-state index contributed by atoms with van der Waals surface area (Å²) in [6.45, 7) is 6.34. The van der Waals surface area contributed by atoms with Gasteiger partial charge in [-0.1, -0.05) is 28.1 Å². The second-order valence-corrected chi connectivity index (χ2v) is 6.75. The van der Waals surface area contributed by atoms with Gasteiger partial charge in [-0.3, -0.25) is 0 Å². The van der Waals surface area contributed by atoms with Gasteiger partial charge < -0.3 is 9.84 Å². The van der Waals surface area contributed by atoms with Crippen LogP contribution in [0.25, 0.3) is 0 Å². The molecule has 0 fully saturated rings. The van der Waals surface area contributed by atoms with Gasteiger partial charge in [0.15, 0.2) is 0 Å². The number of rotatable bonds is 1. The molecule has 2 aromatic rings. The second-order valence-electron chi connectivity index (χ2n) is 5.83. The van der Waals surface area contributed by atoms with Gasteiger partial charge in [-0.2, -0.15) is 0 Å². The Morgan fingerprint density at radius 1 is 1.00 bits per heavy atom. The van der Waals surface area contributed by atoms with Crippen LogP contribution in [0.1, 0.15) is 46.4 Å². The van der Waals surface area contributed by atoms with Crippen molar-refractivity contribution in [1.82, 2.24) is 0 Å². The van der Waals surface area contributed by atoms with Gasteiger partial charge in [0.05, 0.1) is 6.10 Å². The zero-order chi connectivity index (χ0) is 15.1. The van der Waals surface area contributed by atoms with Gasteiger partial charge in [-0.05, 0) is 61.2 Å². The van der Waals surface area contributed by atoms with Crippen LogP contribution in [0.2, 0.25) is 0 Å². The van der Waals surface area contributed by atoms with Crippen LogP contribution >= 0.6 is 15.9 Å². The van der Waals surface area contributed by atoms with Gasteiger partial charge in [0.25, 0.3) is 0 Å². The van der Waals surface area contributed by atoms with Gasteiger partial charge in [-0.25, -0.2) is 0 Å². The number of aliphatic hydroxyl groups excluding tert-OH is 1. The maximum Gasteiger partial charge on any atom is 0.127 e. The molecule has 1 unspecified atom stereocenters. The molecule has 2 atom stereocenters. The summed E-state index contributed by atoms with van der Waals surface area (Å²) in [6.07, 6.45) is 0.0116. The van der Waals surface area contributed by atoms with Crippen molar-refractivity contribution in [3.63, 3.8) is 0 Å². The fourth-order valence-electron chi connectivity index (χ4n) is 2.94. The Morgan fingerprint density at radius 2 is 1.71 bits per heavy atom. The Kier molecular flexibility index (Phi) is 3.80. The van der Waals surface area contributed by atoms with E-state index in [2.05, 4.69) is 48.8 Å². The van der Waals surface area contributed by atoms with Crippen LogP contribution in [-0.2, 0) is 0 Å². The molecular formula is C18H19BrO2. The molecule has 0 spiro atoms. The first kappa shape index (κ1) is 14.6. The summed E-state index contributed by atoms with van der Waals surface area (Å²) in [6, 6.07) is 10.2. The Labute approximate surface area is 133 Å². The Hall–Kier alpha value is -1.32. The third-order valence-electron chi connectivity index (χ3n) is 4.27. The predicted octanol–water partition coefficient (Wildman–Crippen LogP) is 4.93. The summed E-state index contributed by atoms with van der Waals surface area (Å²) < 4.78 is 7.10. The average molecular weight is 347 g/mol. The maximum absolute atomic E-state index is 10.4. The number of hydrogen-bond donors (Lipinski definition) is 1. The van der Waals surface area contributed by atoms with Crippen LogP contribution in [-0.4, -0.2) is 5.11 Å². The maximum atomic E-state index is 10.4. The molecular weight excluding hydrogens is 328 g/mol. The number of fused-ring (bicyclic) bond motifs is 1. The minimum absolute atomic E-state index is 0.0898. The standard InChI is InChI=1S/C18H19BrO2/c1-10-6-12(3)14(7-11(10)2)18-9-16(20)15-8-13(19)4-5-17(15)21-18/h4-8,16,18,20H,9H2,1-3H3/t16-,18?/m1/s1. The molecule has 0 bridgehead atoms. The third-order valence-corrected chi connectivity index (χ3v) is 4.76. The highest BCUT2D eigenvalue weighted by molar-refractivity contribution is 9.10. The van der Waals surface area contributed by atoms with Crippen LogP contribution in [0.15, 0.2) is 34.8 Å². The molecule has 110 valence electrons. The summed E-state index contributed by atoms with van der Waals surface area (Å²) >= 11 is 3.44. The van der Waals surface area contributed by atoms with E-state index >= 15 is 0 Å². The zero-order valence-corrected chi connectivity index (χ0v) is 14.1. The lowest BCUT2D eigenvalue weighted by Gasteiger charge is -2.31. The minimum atomic E-state index is -0.489. The van der Waals surface area contributed by atoms with E-state index < -0.39 is 6.10 Å². The zero-order valence-electron chi connectivity index (χ0n) is 12.5. The topological polar surface area (TPSA) is 29.5 Å². The molecule has 0 saturated carbocycles. The first-order chi connectivity index (χ1) is 9.95. The van der Waals surface area contributed by atoms with Crippen LogP contribution < -0.4 is 4.74 Å². The van der Waals surface area contributed by atoms with Gasteiger partial charge in [0.1, 0.15) is 11.9 Å². The van der Waals surface area contributed by atoms with Crippen molar-refractivity contribution in [3.05, 3.63) is 62.6 Å². The lowest BCUT2D eigenvalue weighted by atomic mass is 9.91. The fraction of sp³-hybridized carbons (Fsp3) is 0.333. The van der Waals surface area contributed by atoms with Crippen molar-refractivity contribution < 1.29 is 9.84 Å². The van der Waals surface area contributed by atoms with Crippen molar-refractivity contribution in [2.24, 2.45) is 0 Å². The molecule has 0 amide bonds. The second kappa shape index (κ2) is 5.47. The van der Waals surface area contributed by atoms with Crippen LogP contribution in [0.5, 0.6) is 5.75 Å². The summed E-state index contributed by atoms with van der Waals surface area (Å²) in [5, 5.41) is 10.4. The van der Waals surface area contributed by atoms with Crippen molar-refractivity contribution in [3.8, 4) is 5.75 Å². The van der Waals surface area contributed by atoms with E-state index in [1.165, 1.54) is 22.3 Å². The van der Waals surface area contributed by atoms with E-state index in [1.54, 1.807) is 0 Å². The first-order valence-corrected chi connectivity index (χ1v) is 7.97. The van der Waals surface area contributed by atoms with E-state index in [1.807, 2.05) is 18.2 Å². The SMILES string of the molecule is Cc1cc(C)c(C2C[C@@H](O)c3cc(Br)ccc3O2)cc1C. The highest BCUT2D eigenvalue weighted by Crippen LogP contribution is 2.42. The molecule has 1 heterocycles. The number of ether oxygens (including phenoxy) is 1. The summed E-state index contributed by atoms with van der Waals surface area (Å²) in [7, 11) is 0. The van der Waals surface area contributed by atoms with Crippen molar-refractivity contribution in [2.45, 2.75) is 39.4 Å². The average Bonchev–Trinajstić information content (AvgIpc) is 2.43. The van der Waals surface area contributed by atoms with E-state index in [0.29, 0.717) is 6.42 Å². The molecule has 2 aromatic carbocycles. The normalized spacial score (nSPS) is 20.8. The highest BCUT2D eigenvalue weighted by Gasteiger charge is 2.29. The molecule has 3 rings (SSSR count). The lowest BCUT2D eigenvalue weighted by molar-refractivity contribution is 0.0653. The molecule has 1 N–H and O–H groups in total. The molecule has 0 radical (unpaired) electrons. The largest absolute Gasteiger partial charge is 0.485 e. The van der Waals surface area contributed by atoms with E-state index in [4.69, 9.17) is 4.74 Å². The van der Waals surface area contributed by atoms with Gasteiger partial charge in [-0.15, -0.1) is 0 Å². The number of aryl methyl sites for hydroxylation is 3. The molecule has 3 heteroatoms. The molecule has 21 heavy (non-hydrogen) atoms. The molecule has 0 saturated heterocycles. The smallest absolute Gasteiger partial charge is 0.127 e. The molecule has 0 aromatic heterocycles. The van der Waals surface area contributed by atoms with Crippen molar-refractivity contribution >= 4 is 15.9 Å². The summed E-state index contributed by atoms with van der Waals surface area (Å²) in [5.74, 6) is 0.777. The molecule has 2 nitrogen and oxygen atoms in total. The van der Waals surface area contributed by atoms with Crippen LogP contribution in [0, 0.1) is 20.8 Å². The van der Waals surface area contributed by atoms with Crippen molar-refractivity contribution in [2.75, 3.05) is 0 Å². The van der Waals surface area contributed by atoms with E-state index in [0.717, 1.165) is 15.8 Å². The van der Waals surface area contributed by atoms with Crippen LogP contribution in [0.4, 0.5) is 0 Å². The lowest BCUT2D eigenvalue weighted by Crippen LogP contribution is -2.20. The molecule has 1 aliphatic rings. The Bertz CT molecular complexity index is 694. The number of halogens is 1. The monoisotopic (exact) mass is 346 g/mol. The molecule has 1 aliphatic heterocycles.